The number of methoxy groups -OCH3 is 1. The highest BCUT2D eigenvalue weighted by atomic mass is 16.6. The highest BCUT2D eigenvalue weighted by Crippen LogP contribution is 2.30. The van der Waals surface area contributed by atoms with E-state index in [0.29, 0.717) is 44.8 Å². The van der Waals surface area contributed by atoms with Crippen LogP contribution >= 0.6 is 0 Å². The molecule has 1 aromatic heterocycles. The van der Waals surface area contributed by atoms with Gasteiger partial charge < -0.3 is 14.3 Å². The van der Waals surface area contributed by atoms with Gasteiger partial charge in [0, 0.05) is 35.5 Å². The van der Waals surface area contributed by atoms with Crippen LogP contribution in [0.25, 0.3) is 33.3 Å². The number of fused-ring (bicyclic) bond motifs is 2. The smallest absolute Gasteiger partial charge is 0.270 e. The Balaban J connectivity index is 1.43. The second kappa shape index (κ2) is 8.08. The molecular formula is C25H17N3O5. The quantitative estimate of drug-likeness (QED) is 0.204. The number of hydrogen-bond donors (Lipinski definition) is 1. The van der Waals surface area contributed by atoms with Gasteiger partial charge in [0.1, 0.15) is 17.0 Å². The molecule has 0 spiro atoms. The SMILES string of the molecule is COc1ccc2oc(-c3ccc(N=Cc4c(O)ccc5cc([N+](=O)[O-])ccc45)cc3)nc2c1. The Morgan fingerprint density at radius 1 is 1.06 bits per heavy atom. The zero-order valence-electron chi connectivity index (χ0n) is 17.4. The maximum atomic E-state index is 11.0. The van der Waals surface area contributed by atoms with Gasteiger partial charge in [0.05, 0.1) is 17.7 Å². The summed E-state index contributed by atoms with van der Waals surface area (Å²) in [5, 5.41) is 22.7. The summed E-state index contributed by atoms with van der Waals surface area (Å²) in [6, 6.07) is 20.4. The number of aliphatic imine (C=N–C) groups is 1. The summed E-state index contributed by atoms with van der Waals surface area (Å²) in [6.07, 6.45) is 1.55. The molecule has 162 valence electrons. The molecule has 8 heteroatoms. The molecule has 1 heterocycles. The van der Waals surface area contributed by atoms with E-state index in [1.54, 1.807) is 25.5 Å². The maximum absolute atomic E-state index is 11.0. The minimum Gasteiger partial charge on any atom is -0.507 e. The molecule has 33 heavy (non-hydrogen) atoms. The lowest BCUT2D eigenvalue weighted by atomic mass is 10.0. The summed E-state index contributed by atoms with van der Waals surface area (Å²) in [4.78, 5) is 19.6. The molecule has 0 saturated heterocycles. The van der Waals surface area contributed by atoms with Crippen LogP contribution in [0.15, 0.2) is 82.2 Å². The van der Waals surface area contributed by atoms with E-state index in [-0.39, 0.29) is 11.4 Å². The van der Waals surface area contributed by atoms with Crippen molar-refractivity contribution in [3.63, 3.8) is 0 Å². The van der Waals surface area contributed by atoms with Crippen molar-refractivity contribution in [2.75, 3.05) is 7.11 Å². The molecule has 5 rings (SSSR count). The summed E-state index contributed by atoms with van der Waals surface area (Å²) in [7, 11) is 1.60. The number of non-ortho nitro benzene ring substituents is 1. The first-order valence-electron chi connectivity index (χ1n) is 10.0. The molecule has 8 nitrogen and oxygen atoms in total. The number of benzene rings is 4. The molecule has 0 unspecified atom stereocenters. The third-order valence-corrected chi connectivity index (χ3v) is 5.28. The topological polar surface area (TPSA) is 111 Å². The Bertz CT molecular complexity index is 1540. The van der Waals surface area contributed by atoms with Gasteiger partial charge in [0.2, 0.25) is 5.89 Å². The first kappa shape index (κ1) is 20.2. The summed E-state index contributed by atoms with van der Waals surface area (Å²) in [6.45, 7) is 0. The Labute approximate surface area is 187 Å². The van der Waals surface area contributed by atoms with Gasteiger partial charge in [-0.25, -0.2) is 4.98 Å². The molecule has 0 aliphatic rings. The number of phenols is 1. The minimum atomic E-state index is -0.449. The predicted molar refractivity (Wildman–Crippen MR) is 126 cm³/mol. The number of hydrogen-bond acceptors (Lipinski definition) is 7. The van der Waals surface area contributed by atoms with Crippen molar-refractivity contribution in [3.8, 4) is 23.0 Å². The molecule has 0 atom stereocenters. The van der Waals surface area contributed by atoms with Crippen LogP contribution in [0.5, 0.6) is 11.5 Å². The van der Waals surface area contributed by atoms with E-state index in [1.165, 1.54) is 18.2 Å². The van der Waals surface area contributed by atoms with Gasteiger partial charge in [-0.15, -0.1) is 0 Å². The Morgan fingerprint density at radius 2 is 1.88 bits per heavy atom. The third kappa shape index (κ3) is 3.85. The van der Waals surface area contributed by atoms with Gasteiger partial charge in [0.15, 0.2) is 5.58 Å². The fraction of sp³-hybridized carbons (Fsp3) is 0.0400. The number of phenolic OH excluding ortho intramolecular Hbond substituents is 1. The standard InChI is InChI=1S/C25H17N3O5/c1-32-19-8-11-24-22(13-19)27-25(33-24)15-2-5-17(6-3-15)26-14-21-20-9-7-18(28(30)31)12-16(20)4-10-23(21)29/h2-14,29H,1H3. The fourth-order valence-corrected chi connectivity index (χ4v) is 3.57. The molecule has 0 amide bonds. The molecule has 0 aliphatic heterocycles. The average Bonchev–Trinajstić information content (AvgIpc) is 3.26. The van der Waals surface area contributed by atoms with E-state index in [2.05, 4.69) is 9.98 Å². The van der Waals surface area contributed by atoms with E-state index in [1.807, 2.05) is 42.5 Å². The molecule has 4 aromatic carbocycles. The normalized spacial score (nSPS) is 11.4. The van der Waals surface area contributed by atoms with E-state index in [9.17, 15) is 15.2 Å². The third-order valence-electron chi connectivity index (χ3n) is 5.28. The summed E-state index contributed by atoms with van der Waals surface area (Å²) in [5.74, 6) is 1.24. The van der Waals surface area contributed by atoms with Crippen molar-refractivity contribution in [1.29, 1.82) is 0 Å². The van der Waals surface area contributed by atoms with Crippen LogP contribution in [0.3, 0.4) is 0 Å². The van der Waals surface area contributed by atoms with Gasteiger partial charge in [-0.1, -0.05) is 6.07 Å². The van der Waals surface area contributed by atoms with Crippen LogP contribution in [0.1, 0.15) is 5.56 Å². The second-order valence-corrected chi connectivity index (χ2v) is 7.32. The number of nitro groups is 1. The number of nitro benzene ring substituents is 1. The lowest BCUT2D eigenvalue weighted by molar-refractivity contribution is -0.384. The molecule has 0 saturated carbocycles. The number of oxazole rings is 1. The molecular weight excluding hydrogens is 422 g/mol. The van der Waals surface area contributed by atoms with Crippen LogP contribution in [-0.2, 0) is 0 Å². The van der Waals surface area contributed by atoms with Crippen LogP contribution in [-0.4, -0.2) is 28.3 Å². The summed E-state index contributed by atoms with van der Waals surface area (Å²) < 4.78 is 11.0. The van der Waals surface area contributed by atoms with Gasteiger partial charge in [-0.3, -0.25) is 15.1 Å². The Morgan fingerprint density at radius 3 is 2.64 bits per heavy atom. The lowest BCUT2D eigenvalue weighted by Gasteiger charge is -2.05. The van der Waals surface area contributed by atoms with Crippen LogP contribution in [0.4, 0.5) is 11.4 Å². The van der Waals surface area contributed by atoms with Gasteiger partial charge in [0.25, 0.3) is 5.69 Å². The van der Waals surface area contributed by atoms with E-state index < -0.39 is 4.92 Å². The minimum absolute atomic E-state index is 0.00990. The van der Waals surface area contributed by atoms with E-state index in [4.69, 9.17) is 9.15 Å². The number of nitrogens with zero attached hydrogens (tertiary/aromatic N) is 3. The number of rotatable bonds is 5. The molecule has 0 aliphatic carbocycles. The maximum Gasteiger partial charge on any atom is 0.270 e. The van der Waals surface area contributed by atoms with E-state index >= 15 is 0 Å². The Hall–Kier alpha value is -4.72. The predicted octanol–water partition coefficient (Wildman–Crippen LogP) is 6.02. The van der Waals surface area contributed by atoms with Gasteiger partial charge in [-0.2, -0.15) is 0 Å². The molecule has 0 radical (unpaired) electrons. The number of aromatic hydroxyl groups is 1. The zero-order chi connectivity index (χ0) is 22.9. The lowest BCUT2D eigenvalue weighted by Crippen LogP contribution is -1.90. The monoisotopic (exact) mass is 439 g/mol. The van der Waals surface area contributed by atoms with Crippen molar-refractivity contribution in [3.05, 3.63) is 88.5 Å². The first-order chi connectivity index (χ1) is 16.0. The van der Waals surface area contributed by atoms with Crippen molar-refractivity contribution in [2.24, 2.45) is 4.99 Å². The largest absolute Gasteiger partial charge is 0.507 e. The van der Waals surface area contributed by atoms with Crippen LogP contribution < -0.4 is 4.74 Å². The molecule has 1 N–H and O–H groups in total. The van der Waals surface area contributed by atoms with Crippen molar-refractivity contribution >= 4 is 39.5 Å². The first-order valence-corrected chi connectivity index (χ1v) is 10.0. The fourth-order valence-electron chi connectivity index (χ4n) is 3.57. The van der Waals surface area contributed by atoms with Crippen molar-refractivity contribution in [2.45, 2.75) is 0 Å². The molecule has 0 fully saturated rings. The summed E-state index contributed by atoms with van der Waals surface area (Å²) >= 11 is 0. The zero-order valence-corrected chi connectivity index (χ0v) is 17.4. The van der Waals surface area contributed by atoms with E-state index in [0.717, 1.165) is 5.56 Å². The molecule has 0 bridgehead atoms. The summed E-state index contributed by atoms with van der Waals surface area (Å²) in [5.41, 5.74) is 3.31. The highest BCUT2D eigenvalue weighted by molar-refractivity contribution is 6.03. The van der Waals surface area contributed by atoms with Crippen LogP contribution in [0, 0.1) is 10.1 Å². The number of ether oxygens (including phenoxy) is 1. The Kier molecular flexibility index (Phi) is 4.95. The van der Waals surface area contributed by atoms with Gasteiger partial charge in [-0.05, 0) is 59.3 Å². The second-order valence-electron chi connectivity index (χ2n) is 7.32. The van der Waals surface area contributed by atoms with Crippen molar-refractivity contribution in [1.82, 2.24) is 4.98 Å². The van der Waals surface area contributed by atoms with Gasteiger partial charge >= 0.3 is 0 Å². The van der Waals surface area contributed by atoms with Crippen LogP contribution in [0.2, 0.25) is 0 Å². The van der Waals surface area contributed by atoms with Crippen molar-refractivity contribution < 1.29 is 19.2 Å². The molecule has 5 aromatic rings. The average molecular weight is 439 g/mol. The highest BCUT2D eigenvalue weighted by Gasteiger charge is 2.11. The number of aromatic nitrogens is 1.